The first-order chi connectivity index (χ1) is 18.5. The average molecular weight is 538 g/mol. The smallest absolute Gasteiger partial charge is 0.407 e. The van der Waals surface area contributed by atoms with Crippen molar-refractivity contribution in [1.29, 1.82) is 0 Å². The average Bonchev–Trinajstić information content (AvgIpc) is 3.40. The molecule has 1 saturated carbocycles. The van der Waals surface area contributed by atoms with Gasteiger partial charge in [0.25, 0.3) is 5.91 Å². The molecule has 1 aromatic heterocycles. The van der Waals surface area contributed by atoms with Crippen molar-refractivity contribution in [3.8, 4) is 0 Å². The second-order valence-corrected chi connectivity index (χ2v) is 10.7. The van der Waals surface area contributed by atoms with E-state index in [1.54, 1.807) is 7.11 Å². The highest BCUT2D eigenvalue weighted by molar-refractivity contribution is 7.20. The zero-order valence-electron chi connectivity index (χ0n) is 21.7. The summed E-state index contributed by atoms with van der Waals surface area (Å²) in [7, 11) is 1.57. The topological polar surface area (TPSA) is 107 Å². The van der Waals surface area contributed by atoms with E-state index >= 15 is 0 Å². The highest BCUT2D eigenvalue weighted by atomic mass is 32.1. The third-order valence-electron chi connectivity index (χ3n) is 6.99. The van der Waals surface area contributed by atoms with Crippen molar-refractivity contribution in [3.05, 3.63) is 65.2 Å². The predicted octanol–water partition coefficient (Wildman–Crippen LogP) is 5.41. The summed E-state index contributed by atoms with van der Waals surface area (Å²) in [6.45, 7) is 0.615. The Morgan fingerprint density at radius 3 is 2.47 bits per heavy atom. The lowest BCUT2D eigenvalue weighted by atomic mass is 9.83. The number of rotatable bonds is 12. The number of ether oxygens (including phenoxy) is 2. The van der Waals surface area contributed by atoms with Crippen molar-refractivity contribution in [2.75, 3.05) is 13.7 Å². The molecule has 2 aromatic carbocycles. The van der Waals surface area contributed by atoms with Gasteiger partial charge in [-0.25, -0.2) is 9.78 Å². The zero-order chi connectivity index (χ0) is 26.8. The molecule has 1 fully saturated rings. The number of methoxy groups -OCH3 is 1. The van der Waals surface area contributed by atoms with Gasteiger partial charge < -0.3 is 20.1 Å². The number of nitrogens with one attached hydrogen (secondary N) is 2. The summed E-state index contributed by atoms with van der Waals surface area (Å²) in [5.41, 5.74) is 0.792. The maximum Gasteiger partial charge on any atom is 0.407 e. The molecule has 0 aliphatic heterocycles. The number of nitrogens with zero attached hydrogens (tertiary/aromatic N) is 1. The number of ketones is 1. The molecule has 0 radical (unpaired) electrons. The highest BCUT2D eigenvalue weighted by Gasteiger charge is 2.41. The van der Waals surface area contributed by atoms with Crippen LogP contribution in [0, 0.1) is 0 Å². The Hall–Kier alpha value is -3.30. The van der Waals surface area contributed by atoms with Crippen LogP contribution in [0.3, 0.4) is 0 Å². The van der Waals surface area contributed by atoms with Gasteiger partial charge in [-0.15, -0.1) is 11.3 Å². The Balaban J connectivity index is 1.34. The second-order valence-electron chi connectivity index (χ2n) is 9.62. The first-order valence-corrected chi connectivity index (χ1v) is 14.0. The maximum atomic E-state index is 13.5. The van der Waals surface area contributed by atoms with Gasteiger partial charge in [-0.05, 0) is 49.8 Å². The van der Waals surface area contributed by atoms with Gasteiger partial charge in [0, 0.05) is 13.7 Å². The Morgan fingerprint density at radius 1 is 1.00 bits per heavy atom. The molecule has 1 aliphatic rings. The summed E-state index contributed by atoms with van der Waals surface area (Å²) < 4.78 is 11.9. The molecular formula is C29H35N3O5S. The van der Waals surface area contributed by atoms with E-state index in [1.807, 2.05) is 54.6 Å². The molecule has 4 rings (SSSR count). The van der Waals surface area contributed by atoms with E-state index in [2.05, 4.69) is 15.6 Å². The fourth-order valence-electron chi connectivity index (χ4n) is 4.77. The molecule has 8 nitrogen and oxygen atoms in total. The zero-order valence-corrected chi connectivity index (χ0v) is 22.6. The van der Waals surface area contributed by atoms with Crippen LogP contribution in [-0.4, -0.2) is 48.1 Å². The minimum absolute atomic E-state index is 0.197. The van der Waals surface area contributed by atoms with Crippen molar-refractivity contribution in [1.82, 2.24) is 15.6 Å². The molecule has 2 N–H and O–H groups in total. The van der Waals surface area contributed by atoms with Crippen LogP contribution < -0.4 is 10.6 Å². The van der Waals surface area contributed by atoms with E-state index in [0.29, 0.717) is 43.7 Å². The van der Waals surface area contributed by atoms with Crippen molar-refractivity contribution in [3.63, 3.8) is 0 Å². The number of benzene rings is 2. The molecule has 9 heteroatoms. The molecule has 38 heavy (non-hydrogen) atoms. The van der Waals surface area contributed by atoms with Gasteiger partial charge in [0.2, 0.25) is 5.78 Å². The van der Waals surface area contributed by atoms with Gasteiger partial charge >= 0.3 is 6.09 Å². The highest BCUT2D eigenvalue weighted by Crippen LogP contribution is 2.32. The van der Waals surface area contributed by atoms with E-state index in [1.165, 1.54) is 11.3 Å². The summed E-state index contributed by atoms with van der Waals surface area (Å²) in [6, 6.07) is 16.4. The Morgan fingerprint density at radius 2 is 1.74 bits per heavy atom. The number of carbonyl (C=O) groups excluding carboxylic acids is 3. The lowest BCUT2D eigenvalue weighted by Gasteiger charge is -2.35. The Labute approximate surface area is 227 Å². The third-order valence-corrected chi connectivity index (χ3v) is 8.04. The van der Waals surface area contributed by atoms with Crippen LogP contribution in [0.4, 0.5) is 4.79 Å². The number of para-hydroxylation sites is 1. The molecule has 0 spiro atoms. The molecule has 202 valence electrons. The number of hydrogen-bond acceptors (Lipinski definition) is 7. The molecular weight excluding hydrogens is 502 g/mol. The second kappa shape index (κ2) is 13.5. The maximum absolute atomic E-state index is 13.5. The molecule has 0 unspecified atom stereocenters. The van der Waals surface area contributed by atoms with E-state index in [-0.39, 0.29) is 18.3 Å². The van der Waals surface area contributed by atoms with Gasteiger partial charge in [0.15, 0.2) is 5.01 Å². The third kappa shape index (κ3) is 7.17. The number of amides is 2. The summed E-state index contributed by atoms with van der Waals surface area (Å²) in [5, 5.41) is 6.13. The van der Waals surface area contributed by atoms with Crippen molar-refractivity contribution in [2.24, 2.45) is 0 Å². The minimum atomic E-state index is -0.894. The number of carbonyl (C=O) groups is 3. The van der Waals surface area contributed by atoms with Crippen LogP contribution >= 0.6 is 11.3 Å². The van der Waals surface area contributed by atoms with Crippen LogP contribution in [0.25, 0.3) is 10.2 Å². The van der Waals surface area contributed by atoms with Crippen LogP contribution in [0.5, 0.6) is 0 Å². The monoisotopic (exact) mass is 537 g/mol. The molecule has 1 heterocycles. The molecule has 1 aliphatic carbocycles. The normalized spacial score (nSPS) is 15.5. The van der Waals surface area contributed by atoms with Crippen molar-refractivity contribution >= 4 is 39.3 Å². The van der Waals surface area contributed by atoms with E-state index < -0.39 is 17.7 Å². The Bertz CT molecular complexity index is 1190. The standard InChI is InChI=1S/C29H35N3O5S/c1-36-29(17-9-3-10-18-29)27(34)32-23(25(33)26-31-22-14-6-7-16-24(22)38-26)15-8-11-19-30-28(35)37-20-21-12-4-2-5-13-21/h2,4-7,12-14,16,23H,3,8-11,15,17-20H2,1H3,(H,30,35)(H,32,34)/t23-/m0/s1. The quantitative estimate of drug-likeness (QED) is 0.236. The number of aromatic nitrogens is 1. The van der Waals surface area contributed by atoms with Crippen LogP contribution in [0.1, 0.15) is 66.7 Å². The van der Waals surface area contributed by atoms with Crippen molar-refractivity contribution in [2.45, 2.75) is 69.6 Å². The van der Waals surface area contributed by atoms with Gasteiger partial charge in [0.05, 0.1) is 16.3 Å². The fraction of sp³-hybridized carbons (Fsp3) is 0.448. The first-order valence-electron chi connectivity index (χ1n) is 13.2. The number of hydrogen-bond donors (Lipinski definition) is 2. The molecule has 0 saturated heterocycles. The predicted molar refractivity (Wildman–Crippen MR) is 147 cm³/mol. The number of fused-ring (bicyclic) bond motifs is 1. The first kappa shape index (κ1) is 27.7. The van der Waals surface area contributed by atoms with Crippen LogP contribution in [-0.2, 0) is 20.9 Å². The molecule has 2 amide bonds. The Kier molecular flexibility index (Phi) is 9.84. The molecule has 0 bridgehead atoms. The van der Waals surface area contributed by atoms with E-state index in [4.69, 9.17) is 9.47 Å². The summed E-state index contributed by atoms with van der Waals surface area (Å²) >= 11 is 1.34. The van der Waals surface area contributed by atoms with Gasteiger partial charge in [-0.2, -0.15) is 0 Å². The number of Topliss-reactive ketones (excluding diaryl/α,β-unsaturated/α-hetero) is 1. The number of alkyl carbamates (subject to hydrolysis) is 1. The van der Waals surface area contributed by atoms with Crippen LogP contribution in [0.2, 0.25) is 0 Å². The largest absolute Gasteiger partial charge is 0.445 e. The van der Waals surface area contributed by atoms with Gasteiger partial charge in [-0.3, -0.25) is 9.59 Å². The van der Waals surface area contributed by atoms with Gasteiger partial charge in [-0.1, -0.05) is 61.7 Å². The lowest BCUT2D eigenvalue weighted by Crippen LogP contribution is -2.54. The number of unbranched alkanes of at least 4 members (excludes halogenated alkanes) is 1. The van der Waals surface area contributed by atoms with Gasteiger partial charge in [0.1, 0.15) is 12.2 Å². The minimum Gasteiger partial charge on any atom is -0.445 e. The summed E-state index contributed by atoms with van der Waals surface area (Å²) in [4.78, 5) is 43.4. The fourth-order valence-corrected chi connectivity index (χ4v) is 5.73. The SMILES string of the molecule is COC1(C(=O)N[C@@H](CCCCNC(=O)OCc2ccccc2)C(=O)c2nc3ccccc3s2)CCCCC1. The lowest BCUT2D eigenvalue weighted by molar-refractivity contribution is -0.148. The van der Waals surface area contributed by atoms with E-state index in [9.17, 15) is 14.4 Å². The molecule has 3 aromatic rings. The summed E-state index contributed by atoms with van der Waals surface area (Å²) in [5.74, 6) is -0.432. The summed E-state index contributed by atoms with van der Waals surface area (Å²) in [6.07, 6.45) is 5.42. The van der Waals surface area contributed by atoms with E-state index in [0.717, 1.165) is 35.0 Å². The van der Waals surface area contributed by atoms with Crippen LogP contribution in [0.15, 0.2) is 54.6 Å². The molecule has 1 atom stereocenters. The van der Waals surface area contributed by atoms with Crippen molar-refractivity contribution < 1.29 is 23.9 Å². The number of thiazole rings is 1.